The van der Waals surface area contributed by atoms with E-state index < -0.39 is 0 Å². The summed E-state index contributed by atoms with van der Waals surface area (Å²) in [6.45, 7) is 5.63. The summed E-state index contributed by atoms with van der Waals surface area (Å²) in [5, 5.41) is 2.76. The van der Waals surface area contributed by atoms with E-state index in [1.807, 2.05) is 20.8 Å². The monoisotopic (exact) mass is 237 g/mol. The van der Waals surface area contributed by atoms with Crippen LogP contribution in [-0.4, -0.2) is 42.4 Å². The number of nitrogens with zero attached hydrogens (tertiary/aromatic N) is 1. The molecule has 0 unspecified atom stereocenters. The second-order valence-corrected chi connectivity index (χ2v) is 4.25. The Morgan fingerprint density at radius 2 is 1.80 bits per heavy atom. The maximum atomic E-state index is 11.3. The number of likely N-dealkylation sites (N-methyl/N-ethyl adjacent to an activating group) is 1. The van der Waals surface area contributed by atoms with Crippen LogP contribution in [0.25, 0.3) is 0 Å². The van der Waals surface area contributed by atoms with E-state index in [9.17, 15) is 9.59 Å². The third-order valence-electron chi connectivity index (χ3n) is 1.50. The average Bonchev–Trinajstić information content (AvgIpc) is 1.99. The van der Waals surface area contributed by atoms with Crippen LogP contribution in [0.1, 0.15) is 20.8 Å². The van der Waals surface area contributed by atoms with Gasteiger partial charge in [-0.2, -0.15) is 0 Å². The van der Waals surface area contributed by atoms with Crippen LogP contribution < -0.4 is 11.1 Å². The van der Waals surface area contributed by atoms with Crippen molar-refractivity contribution in [1.82, 2.24) is 10.2 Å². The van der Waals surface area contributed by atoms with Gasteiger partial charge in [-0.3, -0.25) is 9.59 Å². The van der Waals surface area contributed by atoms with Crippen LogP contribution in [0.4, 0.5) is 0 Å². The molecule has 0 aliphatic heterocycles. The van der Waals surface area contributed by atoms with E-state index in [0.717, 1.165) is 0 Å². The number of carbonyl (C=O) groups excluding carboxylic acids is 2. The van der Waals surface area contributed by atoms with Gasteiger partial charge in [0.25, 0.3) is 0 Å². The predicted molar refractivity (Wildman–Crippen MR) is 61.8 cm³/mol. The number of rotatable bonds is 3. The number of nitrogens with one attached hydrogen (secondary N) is 1. The lowest BCUT2D eigenvalue weighted by molar-refractivity contribution is -0.134. The molecule has 0 aliphatic carbocycles. The largest absolute Gasteiger partial charge is 0.350 e. The van der Waals surface area contributed by atoms with Gasteiger partial charge in [0, 0.05) is 12.6 Å². The first-order chi connectivity index (χ1) is 6.26. The summed E-state index contributed by atoms with van der Waals surface area (Å²) in [6, 6.07) is 0. The molecule has 5 nitrogen and oxygen atoms in total. The smallest absolute Gasteiger partial charge is 0.240 e. The van der Waals surface area contributed by atoms with Gasteiger partial charge in [-0.25, -0.2) is 0 Å². The lowest BCUT2D eigenvalue weighted by Gasteiger charge is -2.23. The summed E-state index contributed by atoms with van der Waals surface area (Å²) < 4.78 is 0. The Kier molecular flexibility index (Phi) is 7.35. The third-order valence-corrected chi connectivity index (χ3v) is 1.50. The first-order valence-electron chi connectivity index (χ1n) is 4.51. The van der Waals surface area contributed by atoms with Crippen molar-refractivity contribution >= 4 is 24.2 Å². The Morgan fingerprint density at radius 1 is 1.33 bits per heavy atom. The minimum absolute atomic E-state index is 0. The molecule has 2 amide bonds. The van der Waals surface area contributed by atoms with E-state index in [1.54, 1.807) is 7.05 Å². The lowest BCUT2D eigenvalue weighted by atomic mass is 10.1. The highest BCUT2D eigenvalue weighted by Gasteiger charge is 2.16. The van der Waals surface area contributed by atoms with Crippen molar-refractivity contribution in [2.75, 3.05) is 20.1 Å². The van der Waals surface area contributed by atoms with Gasteiger partial charge in [0.05, 0.1) is 13.1 Å². The normalized spacial score (nSPS) is 10.2. The number of amides is 2. The molecular weight excluding hydrogens is 218 g/mol. The minimum Gasteiger partial charge on any atom is -0.350 e. The maximum absolute atomic E-state index is 11.3. The van der Waals surface area contributed by atoms with E-state index in [4.69, 9.17) is 5.73 Å². The van der Waals surface area contributed by atoms with Gasteiger partial charge in [0.2, 0.25) is 11.8 Å². The molecule has 0 rings (SSSR count). The molecule has 0 aromatic carbocycles. The van der Waals surface area contributed by atoms with Crippen LogP contribution in [0.2, 0.25) is 0 Å². The average molecular weight is 238 g/mol. The molecule has 0 spiro atoms. The van der Waals surface area contributed by atoms with Crippen molar-refractivity contribution in [2.45, 2.75) is 26.3 Å². The van der Waals surface area contributed by atoms with Gasteiger partial charge in [0.1, 0.15) is 0 Å². The molecule has 90 valence electrons. The van der Waals surface area contributed by atoms with E-state index in [2.05, 4.69) is 5.32 Å². The molecule has 0 radical (unpaired) electrons. The fraction of sp³-hybridized carbons (Fsp3) is 0.778. The Balaban J connectivity index is 0. The zero-order valence-corrected chi connectivity index (χ0v) is 10.5. The Morgan fingerprint density at radius 3 is 2.13 bits per heavy atom. The summed E-state index contributed by atoms with van der Waals surface area (Å²) in [6.07, 6.45) is 0. The second-order valence-electron chi connectivity index (χ2n) is 4.25. The molecule has 15 heavy (non-hydrogen) atoms. The fourth-order valence-corrected chi connectivity index (χ4v) is 0.917. The minimum atomic E-state index is -0.274. The third kappa shape index (κ3) is 8.20. The molecule has 0 aromatic heterocycles. The van der Waals surface area contributed by atoms with Crippen molar-refractivity contribution in [2.24, 2.45) is 5.73 Å². The van der Waals surface area contributed by atoms with E-state index in [0.29, 0.717) is 0 Å². The van der Waals surface area contributed by atoms with E-state index >= 15 is 0 Å². The molecule has 0 heterocycles. The number of nitrogens with two attached hydrogens (primary N) is 1. The first kappa shape index (κ1) is 16.6. The van der Waals surface area contributed by atoms with Crippen molar-refractivity contribution in [1.29, 1.82) is 0 Å². The molecule has 0 aromatic rings. The Bertz CT molecular complexity index is 226. The van der Waals surface area contributed by atoms with Crippen LogP contribution in [0, 0.1) is 0 Å². The highest BCUT2D eigenvalue weighted by atomic mass is 35.5. The summed E-state index contributed by atoms with van der Waals surface area (Å²) in [5.74, 6) is -0.421. The molecule has 6 heteroatoms. The predicted octanol–water partition coefficient (Wildman–Crippen LogP) is -0.260. The summed E-state index contributed by atoms with van der Waals surface area (Å²) in [5.41, 5.74) is 4.88. The number of halogens is 1. The summed E-state index contributed by atoms with van der Waals surface area (Å²) in [7, 11) is 1.55. The van der Waals surface area contributed by atoms with Gasteiger partial charge in [0.15, 0.2) is 0 Å². The Labute approximate surface area is 96.8 Å². The van der Waals surface area contributed by atoms with Crippen LogP contribution >= 0.6 is 12.4 Å². The van der Waals surface area contributed by atoms with Crippen molar-refractivity contribution in [3.05, 3.63) is 0 Å². The van der Waals surface area contributed by atoms with Crippen molar-refractivity contribution in [3.8, 4) is 0 Å². The van der Waals surface area contributed by atoms with E-state index in [1.165, 1.54) is 4.90 Å². The fourth-order valence-electron chi connectivity index (χ4n) is 0.917. The van der Waals surface area contributed by atoms with Crippen LogP contribution in [0.15, 0.2) is 0 Å². The zero-order valence-electron chi connectivity index (χ0n) is 9.66. The highest BCUT2D eigenvalue weighted by Crippen LogP contribution is 1.98. The second kappa shape index (κ2) is 6.63. The molecule has 3 N–H and O–H groups in total. The van der Waals surface area contributed by atoms with Gasteiger partial charge < -0.3 is 16.0 Å². The Hall–Kier alpha value is -0.810. The quantitative estimate of drug-likeness (QED) is 0.710. The van der Waals surface area contributed by atoms with Crippen LogP contribution in [0.5, 0.6) is 0 Å². The molecule has 0 saturated heterocycles. The molecule has 0 aliphatic rings. The molecular formula is C9H20ClN3O2. The number of hydrogen-bond donors (Lipinski definition) is 2. The van der Waals surface area contributed by atoms with Crippen molar-refractivity contribution < 1.29 is 9.59 Å². The first-order valence-corrected chi connectivity index (χ1v) is 4.51. The van der Waals surface area contributed by atoms with Crippen molar-refractivity contribution in [3.63, 3.8) is 0 Å². The summed E-state index contributed by atoms with van der Waals surface area (Å²) in [4.78, 5) is 23.7. The van der Waals surface area contributed by atoms with Gasteiger partial charge in [-0.1, -0.05) is 0 Å². The van der Waals surface area contributed by atoms with E-state index in [-0.39, 0.29) is 42.8 Å². The topological polar surface area (TPSA) is 75.4 Å². The van der Waals surface area contributed by atoms with Gasteiger partial charge in [-0.05, 0) is 20.8 Å². The van der Waals surface area contributed by atoms with Gasteiger partial charge in [-0.15, -0.1) is 12.4 Å². The number of carbonyl (C=O) groups is 2. The van der Waals surface area contributed by atoms with Gasteiger partial charge >= 0.3 is 0 Å². The highest BCUT2D eigenvalue weighted by molar-refractivity contribution is 5.85. The summed E-state index contributed by atoms with van der Waals surface area (Å²) >= 11 is 0. The standard InChI is InChI=1S/C9H19N3O2.ClH/c1-9(2,3)11-7(13)6-12(4)8(14)5-10;/h5-6,10H2,1-4H3,(H,11,13);1H. The van der Waals surface area contributed by atoms with Crippen LogP contribution in [-0.2, 0) is 9.59 Å². The molecule has 0 bridgehead atoms. The molecule has 0 atom stereocenters. The molecule has 0 saturated carbocycles. The number of hydrogen-bond acceptors (Lipinski definition) is 3. The zero-order chi connectivity index (χ0) is 11.4. The SMILES string of the molecule is CN(CC(=O)NC(C)(C)C)C(=O)CN.Cl. The molecule has 0 fully saturated rings. The lowest BCUT2D eigenvalue weighted by Crippen LogP contribution is -2.47. The van der Waals surface area contributed by atoms with Crippen LogP contribution in [0.3, 0.4) is 0 Å². The maximum Gasteiger partial charge on any atom is 0.240 e.